The van der Waals surface area contributed by atoms with Crippen LogP contribution in [-0.4, -0.2) is 47.6 Å². The molecule has 0 aromatic heterocycles. The highest BCUT2D eigenvalue weighted by molar-refractivity contribution is 5.86. The number of nitrogens with zero attached hydrogens (tertiary/aromatic N) is 1. The molecule has 3 atom stereocenters. The van der Waals surface area contributed by atoms with Gasteiger partial charge in [-0.1, -0.05) is 30.3 Å². The molecule has 0 spiro atoms. The first-order chi connectivity index (χ1) is 11.1. The lowest BCUT2D eigenvalue weighted by molar-refractivity contribution is -0.185. The van der Waals surface area contributed by atoms with E-state index in [1.165, 1.54) is 0 Å². The zero-order chi connectivity index (χ0) is 16.8. The molecule has 0 saturated carbocycles. The van der Waals surface area contributed by atoms with Gasteiger partial charge in [-0.05, 0) is 26.3 Å². The molecular formula is C18H27NO4. The van der Waals surface area contributed by atoms with E-state index in [1.54, 1.807) is 6.92 Å². The predicted octanol–water partition coefficient (Wildman–Crippen LogP) is 2.18. The summed E-state index contributed by atoms with van der Waals surface area (Å²) in [5.74, 6) is -0.372. The molecule has 1 amide bonds. The molecule has 1 aliphatic rings. The van der Waals surface area contributed by atoms with Crippen molar-refractivity contribution in [2.24, 2.45) is 5.92 Å². The summed E-state index contributed by atoms with van der Waals surface area (Å²) < 4.78 is 11.2. The largest absolute Gasteiger partial charge is 0.393 e. The fraction of sp³-hybridized carbons (Fsp3) is 0.611. The molecule has 5 nitrogen and oxygen atoms in total. The Morgan fingerprint density at radius 3 is 2.30 bits per heavy atom. The van der Waals surface area contributed by atoms with Gasteiger partial charge >= 0.3 is 0 Å². The number of amides is 1. The molecule has 1 aliphatic heterocycles. The molecule has 1 aromatic carbocycles. The zero-order valence-corrected chi connectivity index (χ0v) is 14.1. The average molecular weight is 321 g/mol. The van der Waals surface area contributed by atoms with Gasteiger partial charge in [0.1, 0.15) is 0 Å². The van der Waals surface area contributed by atoms with Crippen LogP contribution in [0.1, 0.15) is 32.8 Å². The molecule has 5 heteroatoms. The van der Waals surface area contributed by atoms with Gasteiger partial charge in [-0.15, -0.1) is 0 Å². The van der Waals surface area contributed by atoms with Gasteiger partial charge in [-0.2, -0.15) is 0 Å². The van der Waals surface area contributed by atoms with Crippen LogP contribution in [0.4, 0.5) is 0 Å². The highest BCUT2D eigenvalue weighted by Crippen LogP contribution is 2.34. The van der Waals surface area contributed by atoms with Gasteiger partial charge in [-0.25, -0.2) is 0 Å². The SMILES string of the molecule is CCOC(CC1C(C(C)O)C(=O)N1Cc1ccccc1)OCC. The molecule has 1 N–H and O–H groups in total. The molecule has 0 bridgehead atoms. The van der Waals surface area contributed by atoms with Crippen LogP contribution in [0.3, 0.4) is 0 Å². The first kappa shape index (κ1) is 17.9. The number of benzene rings is 1. The molecule has 128 valence electrons. The second kappa shape index (κ2) is 8.43. The van der Waals surface area contributed by atoms with E-state index in [0.29, 0.717) is 26.2 Å². The number of carbonyl (C=O) groups excluding carboxylic acids is 1. The molecule has 1 saturated heterocycles. The second-order valence-electron chi connectivity index (χ2n) is 5.86. The van der Waals surface area contributed by atoms with Gasteiger partial charge in [0.25, 0.3) is 0 Å². The Balaban J connectivity index is 2.08. The summed E-state index contributed by atoms with van der Waals surface area (Å²) in [7, 11) is 0. The minimum absolute atomic E-state index is 0.000556. The summed E-state index contributed by atoms with van der Waals surface area (Å²) in [5.41, 5.74) is 1.08. The summed E-state index contributed by atoms with van der Waals surface area (Å²) in [5, 5.41) is 9.94. The van der Waals surface area contributed by atoms with Gasteiger partial charge in [0.2, 0.25) is 5.91 Å². The normalized spacial score (nSPS) is 22.3. The van der Waals surface area contributed by atoms with Crippen molar-refractivity contribution in [3.05, 3.63) is 35.9 Å². The molecule has 0 radical (unpaired) electrons. The van der Waals surface area contributed by atoms with Gasteiger partial charge in [0.15, 0.2) is 6.29 Å². The quantitative estimate of drug-likeness (QED) is 0.559. The number of likely N-dealkylation sites (tertiary alicyclic amines) is 1. The summed E-state index contributed by atoms with van der Waals surface area (Å²) in [4.78, 5) is 14.2. The Kier molecular flexibility index (Phi) is 6.57. The van der Waals surface area contributed by atoms with Crippen molar-refractivity contribution in [3.63, 3.8) is 0 Å². The molecular weight excluding hydrogens is 294 g/mol. The third kappa shape index (κ3) is 4.31. The first-order valence-electron chi connectivity index (χ1n) is 8.34. The molecule has 1 fully saturated rings. The number of aliphatic hydroxyl groups excluding tert-OH is 1. The van der Waals surface area contributed by atoms with Crippen molar-refractivity contribution in [1.82, 2.24) is 4.90 Å². The van der Waals surface area contributed by atoms with E-state index in [2.05, 4.69) is 0 Å². The van der Waals surface area contributed by atoms with Crippen molar-refractivity contribution in [2.45, 2.75) is 52.2 Å². The van der Waals surface area contributed by atoms with Crippen LogP contribution in [0.2, 0.25) is 0 Å². The van der Waals surface area contributed by atoms with Crippen LogP contribution in [0.25, 0.3) is 0 Å². The van der Waals surface area contributed by atoms with E-state index in [-0.39, 0.29) is 24.2 Å². The molecule has 2 rings (SSSR count). The van der Waals surface area contributed by atoms with E-state index < -0.39 is 6.10 Å². The maximum atomic E-state index is 12.4. The van der Waals surface area contributed by atoms with Crippen molar-refractivity contribution in [1.29, 1.82) is 0 Å². The number of aliphatic hydroxyl groups is 1. The summed E-state index contributed by atoms with van der Waals surface area (Å²) in [6.45, 7) is 7.19. The Labute approximate surface area is 138 Å². The highest BCUT2D eigenvalue weighted by atomic mass is 16.7. The molecule has 0 aliphatic carbocycles. The number of carbonyl (C=O) groups is 1. The lowest BCUT2D eigenvalue weighted by atomic mass is 9.81. The van der Waals surface area contributed by atoms with Crippen LogP contribution in [0.5, 0.6) is 0 Å². The average Bonchev–Trinajstić information content (AvgIpc) is 2.53. The summed E-state index contributed by atoms with van der Waals surface area (Å²) >= 11 is 0. The molecule has 23 heavy (non-hydrogen) atoms. The Morgan fingerprint density at radius 2 is 1.78 bits per heavy atom. The number of hydrogen-bond acceptors (Lipinski definition) is 4. The van der Waals surface area contributed by atoms with E-state index in [9.17, 15) is 9.90 Å². The Hall–Kier alpha value is -1.43. The van der Waals surface area contributed by atoms with Gasteiger partial charge in [0.05, 0.1) is 18.1 Å². The van der Waals surface area contributed by atoms with E-state index in [1.807, 2.05) is 49.1 Å². The fourth-order valence-corrected chi connectivity index (χ4v) is 3.16. The Morgan fingerprint density at radius 1 is 1.17 bits per heavy atom. The van der Waals surface area contributed by atoms with Crippen LogP contribution in [0.15, 0.2) is 30.3 Å². The Bertz CT molecular complexity index is 485. The van der Waals surface area contributed by atoms with Crippen LogP contribution in [-0.2, 0) is 20.8 Å². The van der Waals surface area contributed by atoms with Crippen molar-refractivity contribution in [2.75, 3.05) is 13.2 Å². The lowest BCUT2D eigenvalue weighted by Gasteiger charge is -2.49. The van der Waals surface area contributed by atoms with E-state index in [4.69, 9.17) is 9.47 Å². The molecule has 1 heterocycles. The number of ether oxygens (including phenoxy) is 2. The summed E-state index contributed by atoms with van der Waals surface area (Å²) in [6.07, 6.45) is -0.429. The van der Waals surface area contributed by atoms with Crippen molar-refractivity contribution < 1.29 is 19.4 Å². The van der Waals surface area contributed by atoms with Crippen LogP contribution >= 0.6 is 0 Å². The van der Waals surface area contributed by atoms with E-state index >= 15 is 0 Å². The predicted molar refractivity (Wildman–Crippen MR) is 87.6 cm³/mol. The van der Waals surface area contributed by atoms with E-state index in [0.717, 1.165) is 5.56 Å². The van der Waals surface area contributed by atoms with Crippen molar-refractivity contribution in [3.8, 4) is 0 Å². The summed E-state index contributed by atoms with van der Waals surface area (Å²) in [6, 6.07) is 9.82. The standard InChI is InChI=1S/C18H27NO4/c1-4-22-16(23-5-2)11-15-17(13(3)20)18(21)19(15)12-14-9-7-6-8-10-14/h6-10,13,15-17,20H,4-5,11-12H2,1-3H3. The minimum atomic E-state index is -0.663. The number of β-lactam (4-membered cyclic amide) rings is 1. The highest BCUT2D eigenvalue weighted by Gasteiger charge is 2.50. The van der Waals surface area contributed by atoms with Gasteiger partial charge in [0, 0.05) is 26.2 Å². The van der Waals surface area contributed by atoms with Crippen LogP contribution in [0, 0.1) is 5.92 Å². The second-order valence-corrected chi connectivity index (χ2v) is 5.86. The van der Waals surface area contributed by atoms with Crippen LogP contribution < -0.4 is 0 Å². The topological polar surface area (TPSA) is 59.0 Å². The molecule has 1 aromatic rings. The van der Waals surface area contributed by atoms with Crippen molar-refractivity contribution >= 4 is 5.91 Å². The monoisotopic (exact) mass is 321 g/mol. The lowest BCUT2D eigenvalue weighted by Crippen LogP contribution is -2.64. The van der Waals surface area contributed by atoms with Gasteiger partial charge < -0.3 is 19.5 Å². The smallest absolute Gasteiger partial charge is 0.230 e. The maximum absolute atomic E-state index is 12.4. The number of rotatable bonds is 9. The minimum Gasteiger partial charge on any atom is -0.393 e. The third-order valence-electron chi connectivity index (χ3n) is 4.24. The first-order valence-corrected chi connectivity index (χ1v) is 8.34. The fourth-order valence-electron chi connectivity index (χ4n) is 3.16. The molecule has 3 unspecified atom stereocenters. The number of hydrogen-bond donors (Lipinski definition) is 1. The zero-order valence-electron chi connectivity index (χ0n) is 14.1. The van der Waals surface area contributed by atoms with Gasteiger partial charge in [-0.3, -0.25) is 4.79 Å². The maximum Gasteiger partial charge on any atom is 0.230 e. The third-order valence-corrected chi connectivity index (χ3v) is 4.24.